The molecule has 0 saturated heterocycles. The Morgan fingerprint density at radius 1 is 0.581 bits per heavy atom. The summed E-state index contributed by atoms with van der Waals surface area (Å²) in [6.45, 7) is 4.74. The monoisotopic (exact) mass is 481 g/mol. The SMILES string of the molecule is Cl.Cl.Cl.NCCCCN(CCCCN)Cc1ccc2ccc3cccc4ccc1c2c34. The van der Waals surface area contributed by atoms with Crippen LogP contribution in [0, 0.1) is 0 Å². The number of unbranched alkanes of at least 4 members (excludes halogenated alkanes) is 2. The molecule has 0 bridgehead atoms. The van der Waals surface area contributed by atoms with Gasteiger partial charge in [0.15, 0.2) is 0 Å². The number of hydrogen-bond donors (Lipinski definition) is 2. The minimum Gasteiger partial charge on any atom is -0.330 e. The highest BCUT2D eigenvalue weighted by molar-refractivity contribution is 6.23. The fourth-order valence-corrected chi connectivity index (χ4v) is 4.40. The average molecular weight is 483 g/mol. The highest BCUT2D eigenvalue weighted by Crippen LogP contribution is 2.36. The van der Waals surface area contributed by atoms with Crippen molar-refractivity contribution in [2.24, 2.45) is 11.5 Å². The third kappa shape index (κ3) is 6.13. The molecule has 0 aliphatic heterocycles. The molecule has 0 atom stereocenters. The second kappa shape index (κ2) is 13.3. The van der Waals surface area contributed by atoms with Gasteiger partial charge in [0.25, 0.3) is 0 Å². The van der Waals surface area contributed by atoms with Crippen LogP contribution in [-0.4, -0.2) is 31.1 Å². The van der Waals surface area contributed by atoms with Gasteiger partial charge in [-0.05, 0) is 89.7 Å². The average Bonchev–Trinajstić information content (AvgIpc) is 2.73. The molecule has 4 rings (SSSR count). The minimum absolute atomic E-state index is 0. The van der Waals surface area contributed by atoms with E-state index in [1.54, 1.807) is 0 Å². The first kappa shape index (κ1) is 27.7. The Kier molecular flexibility index (Phi) is 11.9. The predicted octanol–water partition coefficient (Wildman–Crippen LogP) is 6.13. The molecule has 3 nitrogen and oxygen atoms in total. The number of hydrogen-bond acceptors (Lipinski definition) is 3. The van der Waals surface area contributed by atoms with Crippen LogP contribution >= 0.6 is 37.2 Å². The van der Waals surface area contributed by atoms with Crippen molar-refractivity contribution in [3.63, 3.8) is 0 Å². The zero-order chi connectivity index (χ0) is 19.3. The Hall–Kier alpha value is -1.33. The number of nitrogens with two attached hydrogens (primary N) is 2. The summed E-state index contributed by atoms with van der Waals surface area (Å²) in [7, 11) is 0. The number of rotatable bonds is 10. The molecule has 6 heteroatoms. The number of benzene rings is 4. The number of halogens is 3. The van der Waals surface area contributed by atoms with Crippen LogP contribution in [0.15, 0.2) is 54.6 Å². The van der Waals surface area contributed by atoms with Gasteiger partial charge >= 0.3 is 0 Å². The van der Waals surface area contributed by atoms with Crippen molar-refractivity contribution in [1.29, 1.82) is 0 Å². The first-order valence-corrected chi connectivity index (χ1v) is 10.6. The molecule has 0 aliphatic rings. The van der Waals surface area contributed by atoms with E-state index in [-0.39, 0.29) is 37.2 Å². The fourth-order valence-electron chi connectivity index (χ4n) is 4.40. The lowest BCUT2D eigenvalue weighted by Crippen LogP contribution is -2.26. The van der Waals surface area contributed by atoms with Crippen molar-refractivity contribution in [3.05, 3.63) is 60.2 Å². The van der Waals surface area contributed by atoms with Gasteiger partial charge in [0.2, 0.25) is 0 Å². The molecule has 0 saturated carbocycles. The van der Waals surface area contributed by atoms with E-state index in [1.807, 2.05) is 0 Å². The van der Waals surface area contributed by atoms with Gasteiger partial charge in [-0.15, -0.1) is 37.2 Å². The highest BCUT2D eigenvalue weighted by Gasteiger charge is 2.13. The summed E-state index contributed by atoms with van der Waals surface area (Å²) >= 11 is 0. The number of nitrogens with zero attached hydrogens (tertiary/aromatic N) is 1. The zero-order valence-electron chi connectivity index (χ0n) is 17.9. The fraction of sp³-hybridized carbons (Fsp3) is 0.360. The summed E-state index contributed by atoms with van der Waals surface area (Å²) in [5, 5.41) is 8.20. The Balaban J connectivity index is 0.00000160. The van der Waals surface area contributed by atoms with Crippen LogP contribution in [0.4, 0.5) is 0 Å². The lowest BCUT2D eigenvalue weighted by atomic mass is 9.92. The van der Waals surface area contributed by atoms with Gasteiger partial charge in [0, 0.05) is 6.54 Å². The molecule has 0 aromatic heterocycles. The van der Waals surface area contributed by atoms with Gasteiger partial charge in [-0.3, -0.25) is 4.90 Å². The molecule has 0 unspecified atom stereocenters. The van der Waals surface area contributed by atoms with Crippen molar-refractivity contribution >= 4 is 69.5 Å². The maximum atomic E-state index is 5.71. The molecule has 0 aliphatic carbocycles. The van der Waals surface area contributed by atoms with Gasteiger partial charge in [0.05, 0.1) is 0 Å². The molecule has 31 heavy (non-hydrogen) atoms. The Labute approximate surface area is 204 Å². The van der Waals surface area contributed by atoms with Gasteiger partial charge in [-0.25, -0.2) is 0 Å². The summed E-state index contributed by atoms with van der Waals surface area (Å²) in [5.41, 5.74) is 12.8. The van der Waals surface area contributed by atoms with Crippen LogP contribution in [0.2, 0.25) is 0 Å². The van der Waals surface area contributed by atoms with Crippen molar-refractivity contribution in [2.75, 3.05) is 26.2 Å². The quantitative estimate of drug-likeness (QED) is 0.211. The largest absolute Gasteiger partial charge is 0.330 e. The molecule has 0 fully saturated rings. The smallest absolute Gasteiger partial charge is 0.0239 e. The van der Waals surface area contributed by atoms with Crippen molar-refractivity contribution in [1.82, 2.24) is 4.90 Å². The molecule has 4 N–H and O–H groups in total. The van der Waals surface area contributed by atoms with Crippen LogP contribution in [0.1, 0.15) is 31.2 Å². The van der Waals surface area contributed by atoms with E-state index in [0.717, 1.165) is 58.4 Å². The lowest BCUT2D eigenvalue weighted by molar-refractivity contribution is 0.256. The van der Waals surface area contributed by atoms with Gasteiger partial charge in [0.1, 0.15) is 0 Å². The lowest BCUT2D eigenvalue weighted by Gasteiger charge is -2.24. The van der Waals surface area contributed by atoms with E-state index in [1.165, 1.54) is 37.9 Å². The molecule has 4 aromatic rings. The summed E-state index contributed by atoms with van der Waals surface area (Å²) in [6, 6.07) is 20.3. The molecule has 0 radical (unpaired) electrons. The summed E-state index contributed by atoms with van der Waals surface area (Å²) < 4.78 is 0. The Morgan fingerprint density at radius 2 is 1.10 bits per heavy atom. The van der Waals surface area contributed by atoms with Crippen molar-refractivity contribution in [2.45, 2.75) is 32.2 Å². The van der Waals surface area contributed by atoms with Crippen LogP contribution < -0.4 is 11.5 Å². The van der Waals surface area contributed by atoms with Crippen molar-refractivity contribution < 1.29 is 0 Å². The Bertz CT molecular complexity index is 1030. The van der Waals surface area contributed by atoms with Gasteiger partial charge in [-0.2, -0.15) is 0 Å². The maximum Gasteiger partial charge on any atom is 0.0239 e. The second-order valence-electron chi connectivity index (χ2n) is 7.85. The molecule has 0 amide bonds. The van der Waals surface area contributed by atoms with E-state index in [2.05, 4.69) is 59.5 Å². The third-order valence-electron chi connectivity index (χ3n) is 5.87. The molecule has 170 valence electrons. The van der Waals surface area contributed by atoms with Crippen molar-refractivity contribution in [3.8, 4) is 0 Å². The van der Waals surface area contributed by atoms with Crippen LogP contribution in [0.5, 0.6) is 0 Å². The minimum atomic E-state index is 0. The van der Waals surface area contributed by atoms with E-state index in [9.17, 15) is 0 Å². The summed E-state index contributed by atoms with van der Waals surface area (Å²) in [5.74, 6) is 0. The maximum absolute atomic E-state index is 5.71. The zero-order valence-corrected chi connectivity index (χ0v) is 20.3. The van der Waals surface area contributed by atoms with Crippen LogP contribution in [0.3, 0.4) is 0 Å². The molecular formula is C25H34Cl3N3. The summed E-state index contributed by atoms with van der Waals surface area (Å²) in [4.78, 5) is 2.58. The second-order valence-corrected chi connectivity index (χ2v) is 7.85. The van der Waals surface area contributed by atoms with E-state index in [0.29, 0.717) is 0 Å². The molecule has 0 spiro atoms. The third-order valence-corrected chi connectivity index (χ3v) is 5.87. The van der Waals surface area contributed by atoms with E-state index in [4.69, 9.17) is 11.5 Å². The first-order valence-electron chi connectivity index (χ1n) is 10.6. The van der Waals surface area contributed by atoms with E-state index >= 15 is 0 Å². The van der Waals surface area contributed by atoms with E-state index < -0.39 is 0 Å². The highest BCUT2D eigenvalue weighted by atomic mass is 35.5. The first-order chi connectivity index (χ1) is 13.8. The molecule has 0 heterocycles. The Morgan fingerprint density at radius 3 is 1.68 bits per heavy atom. The normalized spacial score (nSPS) is 10.9. The standard InChI is InChI=1S/C25H31N3.3ClH/c26-14-1-3-16-28(17-4-2-15-27)18-22-11-10-21-9-8-19-6-5-7-20-12-13-23(22)25(21)24(19)20;;;/h5-13H,1-4,14-18,26-27H2;3*1H. The topological polar surface area (TPSA) is 55.3 Å². The summed E-state index contributed by atoms with van der Waals surface area (Å²) in [6.07, 6.45) is 4.49. The van der Waals surface area contributed by atoms with Crippen LogP contribution in [-0.2, 0) is 6.54 Å². The van der Waals surface area contributed by atoms with Gasteiger partial charge < -0.3 is 11.5 Å². The van der Waals surface area contributed by atoms with Gasteiger partial charge in [-0.1, -0.05) is 54.6 Å². The molecule has 4 aromatic carbocycles. The molecular weight excluding hydrogens is 449 g/mol. The van der Waals surface area contributed by atoms with Crippen LogP contribution in [0.25, 0.3) is 32.3 Å². The predicted molar refractivity (Wildman–Crippen MR) is 144 cm³/mol.